The van der Waals surface area contributed by atoms with E-state index >= 15 is 0 Å². The van der Waals surface area contributed by atoms with Crippen LogP contribution in [0.15, 0.2) is 35.4 Å². The Morgan fingerprint density at radius 2 is 1.79 bits per heavy atom. The quantitative estimate of drug-likeness (QED) is 0.441. The maximum Gasteiger partial charge on any atom is 0.129 e. The van der Waals surface area contributed by atoms with Crippen LogP contribution in [-0.2, 0) is 4.79 Å². The van der Waals surface area contributed by atoms with Gasteiger partial charge in [0.2, 0.25) is 0 Å². The third-order valence-corrected chi connectivity index (χ3v) is 2.76. The minimum Gasteiger partial charge on any atom is -0.307 e. The van der Waals surface area contributed by atoms with Gasteiger partial charge in [-0.3, -0.25) is 0 Å². The molecule has 0 aromatic heterocycles. The average molecular weight is 260 g/mol. The monoisotopic (exact) mass is 260 g/mol. The van der Waals surface area contributed by atoms with Crippen LogP contribution in [0.2, 0.25) is 0 Å². The van der Waals surface area contributed by atoms with E-state index in [1.165, 1.54) is 0 Å². The molecule has 0 atom stereocenters. The molecule has 3 nitrogen and oxygen atoms in total. The zero-order valence-electron chi connectivity index (χ0n) is 12.1. The molecular weight excluding hydrogens is 236 g/mol. The molecule has 0 spiro atoms. The molecule has 0 aliphatic carbocycles. The van der Waals surface area contributed by atoms with Gasteiger partial charge < -0.3 is 10.2 Å². The summed E-state index contributed by atoms with van der Waals surface area (Å²) in [6, 6.07) is 10.5. The van der Waals surface area contributed by atoms with Gasteiger partial charge in [0.05, 0.1) is 5.71 Å². The maximum atomic E-state index is 10.9. The summed E-state index contributed by atoms with van der Waals surface area (Å²) in [5, 5.41) is 4.49. The van der Waals surface area contributed by atoms with Crippen LogP contribution in [0.4, 0.5) is 0 Å². The van der Waals surface area contributed by atoms with Gasteiger partial charge in [-0.2, -0.15) is 5.10 Å². The van der Waals surface area contributed by atoms with Crippen molar-refractivity contribution >= 4 is 11.5 Å². The molecular formula is C16H24N2O. The molecule has 0 aliphatic heterocycles. The lowest BCUT2D eigenvalue weighted by molar-refractivity contribution is -0.117. The van der Waals surface area contributed by atoms with Crippen molar-refractivity contribution in [1.29, 1.82) is 0 Å². The second-order valence-corrected chi connectivity index (χ2v) is 5.12. The molecule has 0 unspecified atom stereocenters. The summed E-state index contributed by atoms with van der Waals surface area (Å²) in [5.41, 5.74) is 5.33. The lowest BCUT2D eigenvalue weighted by atomic mass is 10.0. The van der Waals surface area contributed by atoms with Gasteiger partial charge in [-0.25, -0.2) is 0 Å². The van der Waals surface area contributed by atoms with E-state index in [1.807, 2.05) is 18.2 Å². The number of ketones is 1. The van der Waals surface area contributed by atoms with Crippen LogP contribution in [0, 0.1) is 0 Å². The molecule has 0 aliphatic rings. The van der Waals surface area contributed by atoms with Crippen LogP contribution >= 0.6 is 0 Å². The molecule has 1 N–H and O–H groups in total. The number of Topliss-reactive ketones (excluding diaryl/α,β-unsaturated/α-hetero) is 1. The number of hydrogen-bond donors (Lipinski definition) is 1. The van der Waals surface area contributed by atoms with Crippen molar-refractivity contribution in [1.82, 2.24) is 5.43 Å². The van der Waals surface area contributed by atoms with Crippen molar-refractivity contribution in [2.75, 3.05) is 0 Å². The van der Waals surface area contributed by atoms with Crippen molar-refractivity contribution < 1.29 is 4.79 Å². The highest BCUT2D eigenvalue weighted by molar-refractivity contribution is 6.00. The van der Waals surface area contributed by atoms with E-state index in [4.69, 9.17) is 0 Å². The lowest BCUT2D eigenvalue weighted by Crippen LogP contribution is -2.19. The summed E-state index contributed by atoms with van der Waals surface area (Å²) in [5.74, 6) is 0.263. The van der Waals surface area contributed by atoms with Crippen LogP contribution in [0.5, 0.6) is 0 Å². The highest BCUT2D eigenvalue weighted by Crippen LogP contribution is 2.09. The van der Waals surface area contributed by atoms with Crippen molar-refractivity contribution in [3.05, 3.63) is 35.9 Å². The second-order valence-electron chi connectivity index (χ2n) is 5.12. The maximum absolute atomic E-state index is 10.9. The number of nitrogens with one attached hydrogen (secondary N) is 1. The molecule has 1 aromatic carbocycles. The van der Waals surface area contributed by atoms with Crippen LogP contribution in [-0.4, -0.2) is 17.5 Å². The standard InChI is InChI=1S/C16H24N2O/c1-13(2)17-18-16(12-8-7-9-14(3)19)15-10-5-4-6-11-15/h4-6,10-11,13,17H,7-9,12H2,1-3H3/b18-16-. The predicted octanol–water partition coefficient (Wildman–Crippen LogP) is 3.54. The van der Waals surface area contributed by atoms with Crippen LogP contribution in [0.3, 0.4) is 0 Å². The summed E-state index contributed by atoms with van der Waals surface area (Å²) in [6.07, 6.45) is 3.49. The lowest BCUT2D eigenvalue weighted by Gasteiger charge is -2.09. The predicted molar refractivity (Wildman–Crippen MR) is 80.4 cm³/mol. The molecule has 104 valence electrons. The van der Waals surface area contributed by atoms with Crippen LogP contribution < -0.4 is 5.43 Å². The average Bonchev–Trinajstić information content (AvgIpc) is 2.38. The molecule has 0 amide bonds. The number of rotatable bonds is 8. The molecule has 0 saturated carbocycles. The summed E-state index contributed by atoms with van der Waals surface area (Å²) >= 11 is 0. The zero-order valence-corrected chi connectivity index (χ0v) is 12.1. The number of carbonyl (C=O) groups is 1. The highest BCUT2D eigenvalue weighted by atomic mass is 16.1. The molecule has 0 radical (unpaired) electrons. The summed E-state index contributed by atoms with van der Waals surface area (Å²) in [7, 11) is 0. The van der Waals surface area contributed by atoms with Gasteiger partial charge in [-0.15, -0.1) is 0 Å². The van der Waals surface area contributed by atoms with E-state index in [2.05, 4.69) is 36.5 Å². The molecule has 0 bridgehead atoms. The fourth-order valence-electron chi connectivity index (χ4n) is 1.77. The zero-order chi connectivity index (χ0) is 14.1. The smallest absolute Gasteiger partial charge is 0.129 e. The van der Waals surface area contributed by atoms with Gasteiger partial charge in [0.25, 0.3) is 0 Å². The number of benzene rings is 1. The Balaban J connectivity index is 2.60. The fourth-order valence-corrected chi connectivity index (χ4v) is 1.77. The van der Waals surface area contributed by atoms with E-state index in [-0.39, 0.29) is 5.78 Å². The summed E-state index contributed by atoms with van der Waals surface area (Å²) in [6.45, 7) is 5.79. The van der Waals surface area contributed by atoms with Crippen LogP contribution in [0.1, 0.15) is 52.0 Å². The Morgan fingerprint density at radius 3 is 2.37 bits per heavy atom. The number of hydrogen-bond acceptors (Lipinski definition) is 3. The van der Waals surface area contributed by atoms with E-state index < -0.39 is 0 Å². The van der Waals surface area contributed by atoms with Crippen molar-refractivity contribution in [3.8, 4) is 0 Å². The Labute approximate surface area is 116 Å². The highest BCUT2D eigenvalue weighted by Gasteiger charge is 2.04. The van der Waals surface area contributed by atoms with Gasteiger partial charge in [-0.1, -0.05) is 30.3 Å². The first-order chi connectivity index (χ1) is 9.09. The van der Waals surface area contributed by atoms with E-state index in [0.717, 1.165) is 30.5 Å². The first kappa shape index (κ1) is 15.4. The van der Waals surface area contributed by atoms with Gasteiger partial charge >= 0.3 is 0 Å². The second kappa shape index (κ2) is 8.46. The first-order valence-corrected chi connectivity index (χ1v) is 6.96. The normalized spacial score (nSPS) is 11.7. The van der Waals surface area contributed by atoms with Crippen molar-refractivity contribution in [2.24, 2.45) is 5.10 Å². The molecule has 3 heteroatoms. The van der Waals surface area contributed by atoms with E-state index in [1.54, 1.807) is 6.92 Å². The van der Waals surface area contributed by atoms with E-state index in [9.17, 15) is 4.79 Å². The van der Waals surface area contributed by atoms with Gasteiger partial charge in [0.15, 0.2) is 0 Å². The molecule has 1 aromatic rings. The number of hydrazone groups is 1. The summed E-state index contributed by atoms with van der Waals surface area (Å²) < 4.78 is 0. The Morgan fingerprint density at radius 1 is 1.16 bits per heavy atom. The van der Waals surface area contributed by atoms with Gasteiger partial charge in [0, 0.05) is 12.5 Å². The largest absolute Gasteiger partial charge is 0.307 e. The fraction of sp³-hybridized carbons (Fsp3) is 0.500. The topological polar surface area (TPSA) is 41.5 Å². The molecule has 0 heterocycles. The SMILES string of the molecule is CC(=O)CCCC/C(=N/NC(C)C)c1ccccc1. The van der Waals surface area contributed by atoms with Gasteiger partial charge in [-0.05, 0) is 45.6 Å². The van der Waals surface area contributed by atoms with Crippen molar-refractivity contribution in [2.45, 2.75) is 52.5 Å². The minimum atomic E-state index is 0.263. The number of unbranched alkanes of at least 4 members (excludes halogenated alkanes) is 1. The van der Waals surface area contributed by atoms with E-state index in [0.29, 0.717) is 12.5 Å². The van der Waals surface area contributed by atoms with Crippen LogP contribution in [0.25, 0.3) is 0 Å². The first-order valence-electron chi connectivity index (χ1n) is 6.96. The minimum absolute atomic E-state index is 0.263. The van der Waals surface area contributed by atoms with Gasteiger partial charge in [0.1, 0.15) is 5.78 Å². The summed E-state index contributed by atoms with van der Waals surface area (Å²) in [4.78, 5) is 10.9. The van der Waals surface area contributed by atoms with Crippen molar-refractivity contribution in [3.63, 3.8) is 0 Å². The Bertz CT molecular complexity index is 410. The Hall–Kier alpha value is -1.64. The molecule has 19 heavy (non-hydrogen) atoms. The molecule has 0 saturated heterocycles. The third kappa shape index (κ3) is 6.75. The number of nitrogens with zero attached hydrogens (tertiary/aromatic N) is 1. The Kier molecular flexibility index (Phi) is 6.86. The molecule has 0 fully saturated rings. The third-order valence-electron chi connectivity index (χ3n) is 2.76. The number of carbonyl (C=O) groups excluding carboxylic acids is 1. The molecule has 1 rings (SSSR count).